The number of amides is 1. The molecule has 2 rings (SSSR count). The van der Waals surface area contributed by atoms with Crippen LogP contribution in [0.3, 0.4) is 0 Å². The van der Waals surface area contributed by atoms with Crippen LogP contribution in [-0.2, 0) is 14.3 Å². The number of nitrogens with zero attached hydrogens (tertiary/aromatic N) is 1. The third-order valence-electron chi connectivity index (χ3n) is 2.82. The van der Waals surface area contributed by atoms with Gasteiger partial charge in [-0.05, 0) is 38.5 Å². The summed E-state index contributed by atoms with van der Waals surface area (Å²) in [6.45, 7) is 4.46. The van der Waals surface area contributed by atoms with Gasteiger partial charge in [-0.2, -0.15) is 0 Å². The molecular weight excluding hydrogens is 265 g/mol. The molecule has 1 aliphatic heterocycles. The first-order valence-electron chi connectivity index (χ1n) is 6.17. The van der Waals surface area contributed by atoms with Gasteiger partial charge in [-0.1, -0.05) is 0 Å². The Labute approximate surface area is 115 Å². The Bertz CT molecular complexity index is 609. The number of esters is 1. The summed E-state index contributed by atoms with van der Waals surface area (Å²) in [6, 6.07) is 2.65. The van der Waals surface area contributed by atoms with E-state index in [4.69, 9.17) is 4.74 Å². The van der Waals surface area contributed by atoms with Crippen molar-refractivity contribution < 1.29 is 23.5 Å². The van der Waals surface area contributed by atoms with E-state index in [-0.39, 0.29) is 17.4 Å². The smallest absolute Gasteiger partial charge is 0.326 e. The van der Waals surface area contributed by atoms with Crippen LogP contribution >= 0.6 is 0 Å². The molecule has 1 aromatic rings. The normalized spacial score (nSPS) is 13.9. The number of benzene rings is 1. The average molecular weight is 279 g/mol. The van der Waals surface area contributed by atoms with Crippen LogP contribution in [0.15, 0.2) is 12.1 Å². The largest absolute Gasteiger partial charge is 0.462 e. The van der Waals surface area contributed by atoms with Crippen LogP contribution in [0.4, 0.5) is 10.1 Å². The highest BCUT2D eigenvalue weighted by Gasteiger charge is 2.39. The maximum atomic E-state index is 14.0. The maximum Gasteiger partial charge on any atom is 0.326 e. The monoisotopic (exact) mass is 279 g/mol. The van der Waals surface area contributed by atoms with E-state index in [9.17, 15) is 18.8 Å². The van der Waals surface area contributed by atoms with E-state index in [1.807, 2.05) is 0 Å². The number of aryl methyl sites for hydroxylation is 1. The fraction of sp³-hybridized carbons (Fsp3) is 0.357. The predicted molar refractivity (Wildman–Crippen MR) is 69.0 cm³/mol. The van der Waals surface area contributed by atoms with Crippen molar-refractivity contribution in [1.82, 2.24) is 0 Å². The van der Waals surface area contributed by atoms with Crippen LogP contribution in [-0.4, -0.2) is 30.3 Å². The Morgan fingerprint density at radius 2 is 2.00 bits per heavy atom. The molecule has 1 heterocycles. The number of anilines is 1. The van der Waals surface area contributed by atoms with Gasteiger partial charge in [-0.3, -0.25) is 19.3 Å². The zero-order valence-electron chi connectivity index (χ0n) is 11.4. The molecule has 0 fully saturated rings. The fourth-order valence-corrected chi connectivity index (χ4v) is 2.10. The lowest BCUT2D eigenvalue weighted by Crippen LogP contribution is -2.36. The number of rotatable bonds is 3. The number of carbonyl (C=O) groups is 3. The van der Waals surface area contributed by atoms with Crippen molar-refractivity contribution in [3.63, 3.8) is 0 Å². The van der Waals surface area contributed by atoms with Crippen molar-refractivity contribution in [3.05, 3.63) is 29.1 Å². The average Bonchev–Trinajstić information content (AvgIpc) is 2.53. The minimum Gasteiger partial charge on any atom is -0.462 e. The highest BCUT2D eigenvalue weighted by atomic mass is 19.1. The molecule has 0 saturated heterocycles. The van der Waals surface area contributed by atoms with E-state index in [2.05, 4.69) is 0 Å². The number of ketones is 1. The highest BCUT2D eigenvalue weighted by molar-refractivity contribution is 6.52. The van der Waals surface area contributed by atoms with Crippen molar-refractivity contribution in [2.75, 3.05) is 11.4 Å². The van der Waals surface area contributed by atoms with Gasteiger partial charge < -0.3 is 4.74 Å². The first-order chi connectivity index (χ1) is 9.31. The molecular formula is C14H14FNO4. The van der Waals surface area contributed by atoms with Gasteiger partial charge in [0.05, 0.1) is 17.4 Å². The molecule has 1 aliphatic rings. The zero-order valence-corrected chi connectivity index (χ0v) is 11.4. The summed E-state index contributed by atoms with van der Waals surface area (Å²) in [7, 11) is 0. The maximum absolute atomic E-state index is 14.0. The molecule has 0 radical (unpaired) electrons. The van der Waals surface area contributed by atoms with Gasteiger partial charge in [0.2, 0.25) is 0 Å². The first kappa shape index (κ1) is 14.2. The molecule has 106 valence electrons. The summed E-state index contributed by atoms with van der Waals surface area (Å²) >= 11 is 0. The Morgan fingerprint density at radius 1 is 1.35 bits per heavy atom. The van der Waals surface area contributed by atoms with Gasteiger partial charge >= 0.3 is 5.97 Å². The van der Waals surface area contributed by atoms with Crippen LogP contribution in [0.2, 0.25) is 0 Å². The summed E-state index contributed by atoms with van der Waals surface area (Å²) in [4.78, 5) is 36.1. The summed E-state index contributed by atoms with van der Waals surface area (Å²) < 4.78 is 18.9. The summed E-state index contributed by atoms with van der Waals surface area (Å²) in [5.74, 6) is -3.10. The van der Waals surface area contributed by atoms with Crippen molar-refractivity contribution >= 4 is 23.3 Å². The van der Waals surface area contributed by atoms with Crippen molar-refractivity contribution in [3.8, 4) is 0 Å². The van der Waals surface area contributed by atoms with Gasteiger partial charge in [0.1, 0.15) is 12.4 Å². The summed E-state index contributed by atoms with van der Waals surface area (Å²) in [6.07, 6.45) is -0.349. The fourth-order valence-electron chi connectivity index (χ4n) is 2.10. The lowest BCUT2D eigenvalue weighted by atomic mass is 10.1. The Balaban J connectivity index is 2.36. The molecule has 0 aliphatic carbocycles. The molecule has 0 spiro atoms. The molecule has 1 aromatic carbocycles. The molecule has 0 bridgehead atoms. The van der Waals surface area contributed by atoms with Gasteiger partial charge in [0.25, 0.3) is 11.7 Å². The number of ether oxygens (including phenoxy) is 1. The van der Waals surface area contributed by atoms with E-state index in [0.717, 1.165) is 4.90 Å². The van der Waals surface area contributed by atoms with E-state index in [0.29, 0.717) is 5.56 Å². The van der Waals surface area contributed by atoms with Crippen molar-refractivity contribution in [2.45, 2.75) is 26.9 Å². The molecule has 0 saturated carbocycles. The number of fused-ring (bicyclic) bond motifs is 1. The van der Waals surface area contributed by atoms with Crippen LogP contribution in [0.5, 0.6) is 0 Å². The number of Topliss-reactive ketones (excluding diaryl/α,β-unsaturated/α-hetero) is 1. The quantitative estimate of drug-likeness (QED) is 0.623. The van der Waals surface area contributed by atoms with Crippen molar-refractivity contribution in [2.24, 2.45) is 0 Å². The zero-order chi connectivity index (χ0) is 15.0. The molecule has 0 aromatic heterocycles. The molecule has 5 nitrogen and oxygen atoms in total. The third-order valence-corrected chi connectivity index (χ3v) is 2.82. The SMILES string of the molecule is Cc1cc(F)c2c(c1)C(=O)C(=O)N2CC(=O)OC(C)C. The molecule has 6 heteroatoms. The highest BCUT2D eigenvalue weighted by Crippen LogP contribution is 2.32. The number of carbonyl (C=O) groups excluding carboxylic acids is 3. The molecule has 0 N–H and O–H groups in total. The minimum atomic E-state index is -0.912. The van der Waals surface area contributed by atoms with E-state index in [1.54, 1.807) is 20.8 Å². The minimum absolute atomic E-state index is 0.00940. The van der Waals surface area contributed by atoms with Crippen molar-refractivity contribution in [1.29, 1.82) is 0 Å². The third kappa shape index (κ3) is 2.41. The van der Waals surface area contributed by atoms with Crippen LogP contribution in [0, 0.1) is 12.7 Å². The standard InChI is InChI=1S/C14H14FNO4/c1-7(2)20-11(17)6-16-12-9(13(18)14(16)19)4-8(3)5-10(12)15/h4-5,7H,6H2,1-3H3. The Morgan fingerprint density at radius 3 is 2.60 bits per heavy atom. The number of hydrogen-bond acceptors (Lipinski definition) is 4. The second kappa shape index (κ2) is 5.03. The van der Waals surface area contributed by atoms with Crippen LogP contribution in [0.1, 0.15) is 29.8 Å². The number of hydrogen-bond donors (Lipinski definition) is 0. The molecule has 20 heavy (non-hydrogen) atoms. The predicted octanol–water partition coefficient (Wildman–Crippen LogP) is 1.62. The number of halogens is 1. The Kier molecular flexibility index (Phi) is 3.57. The van der Waals surface area contributed by atoms with E-state index in [1.165, 1.54) is 12.1 Å². The van der Waals surface area contributed by atoms with E-state index < -0.39 is 30.0 Å². The molecule has 1 amide bonds. The summed E-state index contributed by atoms with van der Waals surface area (Å²) in [5, 5.41) is 0. The second-order valence-corrected chi connectivity index (χ2v) is 4.90. The topological polar surface area (TPSA) is 63.7 Å². The van der Waals surface area contributed by atoms with Gasteiger partial charge in [-0.15, -0.1) is 0 Å². The summed E-state index contributed by atoms with van der Waals surface area (Å²) in [5.41, 5.74) is 0.380. The second-order valence-electron chi connectivity index (χ2n) is 4.90. The van der Waals surface area contributed by atoms with Gasteiger partial charge in [-0.25, -0.2) is 4.39 Å². The Hall–Kier alpha value is -2.24. The lowest BCUT2D eigenvalue weighted by Gasteiger charge is -2.17. The van der Waals surface area contributed by atoms with E-state index >= 15 is 0 Å². The first-order valence-corrected chi connectivity index (χ1v) is 6.17. The molecule has 0 unspecified atom stereocenters. The van der Waals surface area contributed by atoms with Gasteiger partial charge in [0.15, 0.2) is 0 Å². The van der Waals surface area contributed by atoms with Crippen LogP contribution in [0.25, 0.3) is 0 Å². The lowest BCUT2D eigenvalue weighted by molar-refractivity contribution is -0.146. The molecule has 0 atom stereocenters. The van der Waals surface area contributed by atoms with Gasteiger partial charge in [0, 0.05) is 0 Å². The van der Waals surface area contributed by atoms with Crippen LogP contribution < -0.4 is 4.90 Å².